The van der Waals surface area contributed by atoms with E-state index in [1.807, 2.05) is 12.1 Å². The van der Waals surface area contributed by atoms with Crippen LogP contribution < -0.4 is 16.6 Å². The van der Waals surface area contributed by atoms with Crippen molar-refractivity contribution in [3.63, 3.8) is 0 Å². The van der Waals surface area contributed by atoms with Crippen LogP contribution in [0.3, 0.4) is 0 Å². The molecule has 1 amide bonds. The first kappa shape index (κ1) is 14.6. The average Bonchev–Trinajstić information content (AvgIpc) is 2.95. The third-order valence-corrected chi connectivity index (χ3v) is 4.09. The van der Waals surface area contributed by atoms with Crippen molar-refractivity contribution < 1.29 is 9.90 Å². The molecule has 6 nitrogen and oxygen atoms in total. The minimum absolute atomic E-state index is 0.167. The van der Waals surface area contributed by atoms with E-state index in [1.54, 1.807) is 10.6 Å². The number of hydrogen-bond acceptors (Lipinski definition) is 4. The van der Waals surface area contributed by atoms with Crippen LogP contribution in [-0.4, -0.2) is 28.7 Å². The zero-order chi connectivity index (χ0) is 15.7. The highest BCUT2D eigenvalue weighted by molar-refractivity contribution is 6.03. The number of nitrogens with one attached hydrogen (secondary N) is 1. The lowest BCUT2D eigenvalue weighted by molar-refractivity contribution is 0.0948. The zero-order valence-corrected chi connectivity index (χ0v) is 12.3. The normalized spacial score (nSPS) is 12.8. The van der Waals surface area contributed by atoms with Crippen molar-refractivity contribution >= 4 is 16.8 Å². The van der Waals surface area contributed by atoms with Gasteiger partial charge in [-0.3, -0.25) is 9.59 Å². The molecule has 6 heteroatoms. The Balaban J connectivity index is 2.02. The summed E-state index contributed by atoms with van der Waals surface area (Å²) in [7, 11) is 0. The largest absolute Gasteiger partial charge is 0.506 e. The second-order valence-electron chi connectivity index (χ2n) is 5.50. The molecule has 22 heavy (non-hydrogen) atoms. The summed E-state index contributed by atoms with van der Waals surface area (Å²) < 4.78 is 1.58. The third-order valence-electron chi connectivity index (χ3n) is 4.09. The fourth-order valence-corrected chi connectivity index (χ4v) is 2.99. The van der Waals surface area contributed by atoms with Gasteiger partial charge in [0.2, 0.25) is 0 Å². The second kappa shape index (κ2) is 5.81. The molecule has 2 aromatic rings. The zero-order valence-electron chi connectivity index (χ0n) is 12.3. The quantitative estimate of drug-likeness (QED) is 0.709. The Morgan fingerprint density at radius 1 is 1.36 bits per heavy atom. The summed E-state index contributed by atoms with van der Waals surface area (Å²) in [6, 6.07) is 5.51. The molecule has 0 saturated heterocycles. The van der Waals surface area contributed by atoms with Gasteiger partial charge in [0.1, 0.15) is 11.3 Å². The van der Waals surface area contributed by atoms with Gasteiger partial charge in [0, 0.05) is 18.5 Å². The van der Waals surface area contributed by atoms with Gasteiger partial charge in [-0.2, -0.15) is 0 Å². The average molecular weight is 301 g/mol. The van der Waals surface area contributed by atoms with E-state index >= 15 is 0 Å². The van der Waals surface area contributed by atoms with Crippen molar-refractivity contribution in [3.8, 4) is 5.75 Å². The number of pyridine rings is 1. The molecule has 3 rings (SSSR count). The molecule has 0 radical (unpaired) electrons. The third kappa shape index (κ3) is 2.25. The fourth-order valence-electron chi connectivity index (χ4n) is 2.99. The summed E-state index contributed by atoms with van der Waals surface area (Å²) in [4.78, 5) is 24.8. The van der Waals surface area contributed by atoms with Gasteiger partial charge in [-0.25, -0.2) is 0 Å². The topological polar surface area (TPSA) is 97.3 Å². The summed E-state index contributed by atoms with van der Waals surface area (Å²) >= 11 is 0. The van der Waals surface area contributed by atoms with Crippen LogP contribution in [0.25, 0.3) is 10.9 Å². The number of amides is 1. The van der Waals surface area contributed by atoms with Gasteiger partial charge in [0.15, 0.2) is 0 Å². The number of carbonyl (C=O) groups is 1. The Morgan fingerprint density at radius 2 is 2.18 bits per heavy atom. The van der Waals surface area contributed by atoms with Crippen LogP contribution in [0.4, 0.5) is 0 Å². The first-order valence-electron chi connectivity index (χ1n) is 7.50. The summed E-state index contributed by atoms with van der Waals surface area (Å²) in [5.74, 6) is -0.751. The molecule has 0 aliphatic carbocycles. The molecule has 0 unspecified atom stereocenters. The van der Waals surface area contributed by atoms with E-state index < -0.39 is 11.5 Å². The number of aromatic nitrogens is 1. The van der Waals surface area contributed by atoms with Gasteiger partial charge in [-0.05, 0) is 37.4 Å². The number of unbranched alkanes of at least 4 members (excludes halogenated alkanes) is 1. The highest BCUT2D eigenvalue weighted by Gasteiger charge is 2.25. The molecule has 0 saturated carbocycles. The molecular formula is C16H19N3O3. The Labute approximate surface area is 127 Å². The van der Waals surface area contributed by atoms with Crippen molar-refractivity contribution in [2.45, 2.75) is 25.8 Å². The van der Waals surface area contributed by atoms with Crippen LogP contribution in [0.2, 0.25) is 0 Å². The first-order chi connectivity index (χ1) is 10.6. The number of aromatic hydroxyl groups is 1. The summed E-state index contributed by atoms with van der Waals surface area (Å²) in [5, 5.41) is 13.6. The highest BCUT2D eigenvalue weighted by Crippen LogP contribution is 2.31. The molecule has 0 fully saturated rings. The summed E-state index contributed by atoms with van der Waals surface area (Å²) in [5.41, 5.74) is 6.58. The SMILES string of the molecule is NCCCCNC(=O)c1c(O)c2cccc3c2n(c1=O)CC3. The second-order valence-corrected chi connectivity index (χ2v) is 5.50. The van der Waals surface area contributed by atoms with Crippen molar-refractivity contribution in [3.05, 3.63) is 39.7 Å². The lowest BCUT2D eigenvalue weighted by Crippen LogP contribution is -2.33. The predicted octanol–water partition coefficient (Wildman–Crippen LogP) is 0.732. The number of carbonyl (C=O) groups excluding carboxylic acids is 1. The maximum Gasteiger partial charge on any atom is 0.267 e. The molecule has 4 N–H and O–H groups in total. The van der Waals surface area contributed by atoms with Crippen molar-refractivity contribution in [1.29, 1.82) is 0 Å². The molecule has 1 aromatic heterocycles. The van der Waals surface area contributed by atoms with Crippen LogP contribution >= 0.6 is 0 Å². The maximum absolute atomic E-state index is 12.5. The fraction of sp³-hybridized carbons (Fsp3) is 0.375. The standard InChI is InChI=1S/C16H19N3O3/c17-7-1-2-8-18-15(21)12-14(20)11-5-3-4-10-6-9-19(13(10)11)16(12)22/h3-5,20H,1-2,6-9,17H2,(H,18,21). The maximum atomic E-state index is 12.5. The van der Waals surface area contributed by atoms with E-state index in [-0.39, 0.29) is 11.3 Å². The van der Waals surface area contributed by atoms with E-state index in [0.29, 0.717) is 25.0 Å². The number of nitrogens with zero attached hydrogens (tertiary/aromatic N) is 1. The van der Waals surface area contributed by atoms with Crippen LogP contribution in [0.1, 0.15) is 28.8 Å². The van der Waals surface area contributed by atoms with E-state index in [2.05, 4.69) is 5.32 Å². The lowest BCUT2D eigenvalue weighted by Gasteiger charge is -2.11. The van der Waals surface area contributed by atoms with Gasteiger partial charge < -0.3 is 20.7 Å². The molecule has 0 spiro atoms. The number of aryl methyl sites for hydroxylation is 2. The van der Waals surface area contributed by atoms with Crippen molar-refractivity contribution in [2.75, 3.05) is 13.1 Å². The molecule has 116 valence electrons. The van der Waals surface area contributed by atoms with Crippen molar-refractivity contribution in [1.82, 2.24) is 9.88 Å². The number of hydrogen-bond donors (Lipinski definition) is 3. The summed E-state index contributed by atoms with van der Waals surface area (Å²) in [6.45, 7) is 1.54. The molecule has 2 heterocycles. The molecule has 1 aliphatic rings. The molecule has 0 atom stereocenters. The van der Waals surface area contributed by atoms with E-state index in [0.717, 1.165) is 30.3 Å². The van der Waals surface area contributed by atoms with Gasteiger partial charge >= 0.3 is 0 Å². The lowest BCUT2D eigenvalue weighted by atomic mass is 10.1. The Kier molecular flexibility index (Phi) is 3.85. The monoisotopic (exact) mass is 301 g/mol. The Morgan fingerprint density at radius 3 is 2.95 bits per heavy atom. The van der Waals surface area contributed by atoms with Crippen LogP contribution in [0.15, 0.2) is 23.0 Å². The molecule has 0 bridgehead atoms. The van der Waals surface area contributed by atoms with Gasteiger partial charge in [0.05, 0.1) is 5.52 Å². The molecule has 1 aliphatic heterocycles. The molecular weight excluding hydrogens is 282 g/mol. The minimum Gasteiger partial charge on any atom is -0.506 e. The smallest absolute Gasteiger partial charge is 0.267 e. The van der Waals surface area contributed by atoms with Crippen LogP contribution in [0, 0.1) is 0 Å². The van der Waals surface area contributed by atoms with Crippen LogP contribution in [-0.2, 0) is 13.0 Å². The predicted molar refractivity (Wildman–Crippen MR) is 84.2 cm³/mol. The number of para-hydroxylation sites is 1. The molecule has 1 aromatic carbocycles. The number of rotatable bonds is 5. The van der Waals surface area contributed by atoms with E-state index in [1.165, 1.54) is 0 Å². The van der Waals surface area contributed by atoms with Gasteiger partial charge in [-0.1, -0.05) is 12.1 Å². The Hall–Kier alpha value is -2.34. The number of benzene rings is 1. The van der Waals surface area contributed by atoms with Crippen molar-refractivity contribution in [2.24, 2.45) is 5.73 Å². The highest BCUT2D eigenvalue weighted by atomic mass is 16.3. The minimum atomic E-state index is -0.525. The summed E-state index contributed by atoms with van der Waals surface area (Å²) in [6.07, 6.45) is 2.29. The van der Waals surface area contributed by atoms with E-state index in [9.17, 15) is 14.7 Å². The van der Waals surface area contributed by atoms with Gasteiger partial charge in [0.25, 0.3) is 11.5 Å². The van der Waals surface area contributed by atoms with Crippen LogP contribution in [0.5, 0.6) is 5.75 Å². The Bertz CT molecular complexity index is 795. The van der Waals surface area contributed by atoms with Gasteiger partial charge in [-0.15, -0.1) is 0 Å². The number of nitrogens with two attached hydrogens (primary N) is 1. The van der Waals surface area contributed by atoms with E-state index in [4.69, 9.17) is 5.73 Å². The first-order valence-corrected chi connectivity index (χ1v) is 7.50.